The highest BCUT2D eigenvalue weighted by Gasteiger charge is 2.11. The summed E-state index contributed by atoms with van der Waals surface area (Å²) in [6.07, 6.45) is 0. The second-order valence-corrected chi connectivity index (χ2v) is 3.65. The number of carbonyl (C=O) groups excluding carboxylic acids is 1. The van der Waals surface area contributed by atoms with Crippen molar-refractivity contribution in [3.63, 3.8) is 0 Å². The van der Waals surface area contributed by atoms with Crippen LogP contribution in [0.5, 0.6) is 0 Å². The summed E-state index contributed by atoms with van der Waals surface area (Å²) in [5, 5.41) is 10.8. The number of carbonyl (C=O) groups is 2. The summed E-state index contributed by atoms with van der Waals surface area (Å²) in [7, 11) is 0. The van der Waals surface area contributed by atoms with E-state index in [-0.39, 0.29) is 5.69 Å². The van der Waals surface area contributed by atoms with Gasteiger partial charge in [0.15, 0.2) is 0 Å². The Morgan fingerprint density at radius 1 is 1.64 bits per heavy atom. The van der Waals surface area contributed by atoms with Gasteiger partial charge in [-0.1, -0.05) is 11.6 Å². The number of hydrogen-bond acceptors (Lipinski definition) is 2. The summed E-state index contributed by atoms with van der Waals surface area (Å²) in [4.78, 5) is 24.0. The topological polar surface area (TPSA) is 82.2 Å². The van der Waals surface area contributed by atoms with Crippen LogP contribution in [0.4, 0.5) is 0 Å². The fraction of sp³-hybridized carbons (Fsp3) is 0.143. The predicted octanol–water partition coefficient (Wildman–Crippen LogP) is 1.24. The number of carboxylic acid groups (broad SMARTS) is 1. The fourth-order valence-electron chi connectivity index (χ4n) is 0.778. The lowest BCUT2D eigenvalue weighted by Gasteiger charge is -1.98. The Bertz CT molecular complexity index is 358. The van der Waals surface area contributed by atoms with E-state index < -0.39 is 18.4 Å². The molecule has 0 spiro atoms. The number of amides is 1. The molecule has 0 saturated carbocycles. The van der Waals surface area contributed by atoms with Crippen molar-refractivity contribution in [2.75, 3.05) is 6.54 Å². The van der Waals surface area contributed by atoms with Crippen LogP contribution in [0.15, 0.2) is 10.5 Å². The van der Waals surface area contributed by atoms with Gasteiger partial charge in [0.05, 0.1) is 4.47 Å². The zero-order valence-electron chi connectivity index (χ0n) is 6.80. The minimum absolute atomic E-state index is 0.211. The molecule has 1 aromatic heterocycles. The van der Waals surface area contributed by atoms with Crippen molar-refractivity contribution in [2.45, 2.75) is 0 Å². The van der Waals surface area contributed by atoms with Gasteiger partial charge in [0.25, 0.3) is 5.91 Å². The fourth-order valence-corrected chi connectivity index (χ4v) is 1.26. The van der Waals surface area contributed by atoms with E-state index in [1.807, 2.05) is 0 Å². The van der Waals surface area contributed by atoms with Crippen LogP contribution in [0.3, 0.4) is 0 Å². The van der Waals surface area contributed by atoms with Crippen molar-refractivity contribution in [1.29, 1.82) is 0 Å². The van der Waals surface area contributed by atoms with Gasteiger partial charge in [-0.2, -0.15) is 0 Å². The Balaban J connectivity index is 2.65. The van der Waals surface area contributed by atoms with Crippen molar-refractivity contribution >= 4 is 39.4 Å². The molecule has 14 heavy (non-hydrogen) atoms. The first-order valence-electron chi connectivity index (χ1n) is 3.54. The highest BCUT2D eigenvalue weighted by Crippen LogP contribution is 2.22. The molecule has 1 amide bonds. The first-order chi connectivity index (χ1) is 6.50. The molecule has 0 aliphatic heterocycles. The molecule has 1 heterocycles. The summed E-state index contributed by atoms with van der Waals surface area (Å²) in [6, 6.07) is 1.47. The van der Waals surface area contributed by atoms with E-state index in [0.29, 0.717) is 9.63 Å². The second kappa shape index (κ2) is 4.47. The van der Waals surface area contributed by atoms with Gasteiger partial charge >= 0.3 is 5.97 Å². The van der Waals surface area contributed by atoms with Crippen LogP contribution in [0.1, 0.15) is 10.5 Å². The van der Waals surface area contributed by atoms with Crippen LogP contribution in [-0.2, 0) is 4.79 Å². The lowest BCUT2D eigenvalue weighted by atomic mass is 10.4. The standard InChI is InChI=1S/C7H6BrClN2O3/c8-3-1-4(11-6(3)9)7(14)10-2-5(12)13/h1,11H,2H2,(H,10,14)(H,12,13). The van der Waals surface area contributed by atoms with E-state index in [0.717, 1.165) is 0 Å². The summed E-state index contributed by atoms with van der Waals surface area (Å²) < 4.78 is 0.555. The number of aromatic amines is 1. The molecule has 0 saturated heterocycles. The Hall–Kier alpha value is -1.01. The SMILES string of the molecule is O=C(O)CNC(=O)c1cc(Br)c(Cl)[nH]1. The van der Waals surface area contributed by atoms with E-state index in [4.69, 9.17) is 16.7 Å². The summed E-state index contributed by atoms with van der Waals surface area (Å²) in [6.45, 7) is -0.424. The van der Waals surface area contributed by atoms with Gasteiger partial charge in [-0.15, -0.1) is 0 Å². The molecule has 0 radical (unpaired) electrons. The van der Waals surface area contributed by atoms with Gasteiger partial charge in [-0.3, -0.25) is 9.59 Å². The number of nitrogens with one attached hydrogen (secondary N) is 2. The van der Waals surface area contributed by atoms with Crippen LogP contribution in [0.2, 0.25) is 5.15 Å². The number of carboxylic acids is 1. The third-order valence-electron chi connectivity index (χ3n) is 1.37. The van der Waals surface area contributed by atoms with Crippen molar-refractivity contribution in [1.82, 2.24) is 10.3 Å². The monoisotopic (exact) mass is 280 g/mol. The normalized spacial score (nSPS) is 9.86. The number of hydrogen-bond donors (Lipinski definition) is 3. The zero-order valence-corrected chi connectivity index (χ0v) is 9.15. The number of aliphatic carboxylic acids is 1. The highest BCUT2D eigenvalue weighted by atomic mass is 79.9. The Kier molecular flexibility index (Phi) is 3.54. The maximum absolute atomic E-state index is 11.2. The van der Waals surface area contributed by atoms with Crippen LogP contribution < -0.4 is 5.32 Å². The molecule has 0 fully saturated rings. The summed E-state index contributed by atoms with van der Waals surface area (Å²) in [5.41, 5.74) is 0.211. The molecule has 7 heteroatoms. The first kappa shape index (κ1) is 11.1. The molecule has 0 aliphatic rings. The van der Waals surface area contributed by atoms with Crippen LogP contribution >= 0.6 is 27.5 Å². The number of aromatic nitrogens is 1. The largest absolute Gasteiger partial charge is 0.480 e. The lowest BCUT2D eigenvalue weighted by molar-refractivity contribution is -0.135. The molecule has 76 valence electrons. The summed E-state index contributed by atoms with van der Waals surface area (Å²) >= 11 is 8.74. The maximum atomic E-state index is 11.2. The molecular weight excluding hydrogens is 275 g/mol. The van der Waals surface area contributed by atoms with E-state index in [2.05, 4.69) is 26.2 Å². The molecule has 0 unspecified atom stereocenters. The van der Waals surface area contributed by atoms with Crippen molar-refractivity contribution in [2.24, 2.45) is 0 Å². The molecule has 0 atom stereocenters. The molecule has 1 rings (SSSR count). The van der Waals surface area contributed by atoms with E-state index >= 15 is 0 Å². The van der Waals surface area contributed by atoms with Gasteiger partial charge < -0.3 is 15.4 Å². The Labute approximate surface area is 92.6 Å². The quantitative estimate of drug-likeness (QED) is 0.780. The Morgan fingerprint density at radius 2 is 2.29 bits per heavy atom. The first-order valence-corrected chi connectivity index (χ1v) is 4.72. The third-order valence-corrected chi connectivity index (χ3v) is 2.52. The van der Waals surface area contributed by atoms with Crippen molar-refractivity contribution < 1.29 is 14.7 Å². The molecule has 0 bridgehead atoms. The maximum Gasteiger partial charge on any atom is 0.322 e. The van der Waals surface area contributed by atoms with Gasteiger partial charge in [-0.25, -0.2) is 0 Å². The average molecular weight is 281 g/mol. The molecule has 1 aromatic rings. The van der Waals surface area contributed by atoms with Gasteiger partial charge in [-0.05, 0) is 22.0 Å². The van der Waals surface area contributed by atoms with Crippen molar-refractivity contribution in [3.8, 4) is 0 Å². The lowest BCUT2D eigenvalue weighted by Crippen LogP contribution is -2.29. The average Bonchev–Trinajstić information content (AvgIpc) is 2.43. The Morgan fingerprint density at radius 3 is 2.71 bits per heavy atom. The molecular formula is C7H6BrClN2O3. The highest BCUT2D eigenvalue weighted by molar-refractivity contribution is 9.10. The van der Waals surface area contributed by atoms with Gasteiger partial charge in [0, 0.05) is 0 Å². The van der Waals surface area contributed by atoms with Crippen molar-refractivity contribution in [3.05, 3.63) is 21.4 Å². The number of H-pyrrole nitrogens is 1. The van der Waals surface area contributed by atoms with Crippen LogP contribution in [0, 0.1) is 0 Å². The second-order valence-electron chi connectivity index (χ2n) is 2.42. The van der Waals surface area contributed by atoms with E-state index in [1.54, 1.807) is 0 Å². The molecule has 3 N–H and O–H groups in total. The van der Waals surface area contributed by atoms with Crippen LogP contribution in [-0.4, -0.2) is 28.5 Å². The minimum atomic E-state index is -1.10. The number of rotatable bonds is 3. The van der Waals surface area contributed by atoms with Crippen LogP contribution in [0.25, 0.3) is 0 Å². The smallest absolute Gasteiger partial charge is 0.322 e. The minimum Gasteiger partial charge on any atom is -0.480 e. The molecule has 5 nitrogen and oxygen atoms in total. The summed E-state index contributed by atoms with van der Waals surface area (Å²) in [5.74, 6) is -1.62. The molecule has 0 aliphatic carbocycles. The zero-order chi connectivity index (χ0) is 10.7. The number of halogens is 2. The third kappa shape index (κ3) is 2.74. The van der Waals surface area contributed by atoms with Gasteiger partial charge in [0.2, 0.25) is 0 Å². The molecule has 0 aromatic carbocycles. The predicted molar refractivity (Wildman–Crippen MR) is 53.5 cm³/mol. The van der Waals surface area contributed by atoms with E-state index in [1.165, 1.54) is 6.07 Å². The van der Waals surface area contributed by atoms with Gasteiger partial charge in [0.1, 0.15) is 17.4 Å². The van der Waals surface area contributed by atoms with E-state index in [9.17, 15) is 9.59 Å².